The molecular weight excluding hydrogens is 736 g/mol. The van der Waals surface area contributed by atoms with Crippen molar-refractivity contribution in [3.05, 3.63) is 53.6 Å². The van der Waals surface area contributed by atoms with Crippen molar-refractivity contribution in [2.24, 2.45) is 5.92 Å². The van der Waals surface area contributed by atoms with E-state index in [1.165, 1.54) is 43.3 Å². The van der Waals surface area contributed by atoms with Gasteiger partial charge in [-0.2, -0.15) is 0 Å². The molecule has 1 saturated carbocycles. The SMILES string of the molecule is C[C@@H]1O[C@@H](OC[C@H]2C[C@@H](OCCc3ccc(O)c(O)c3)[C@H](O)[C@@H](O[C@@H]3O[C@H](CO)[C@@H](O)[C@H](O)[C@H]3O)[C@@H]2OC(=O)/C=C/c2ccc(O)c(O)c2)[C@H](O)[C@H](O)[C@H]1O. The molecular formula is C36H48O19. The molecule has 306 valence electrons. The number of carbonyl (C=O) groups excluding carboxylic acids is 1. The third kappa shape index (κ3) is 10.0. The van der Waals surface area contributed by atoms with E-state index in [0.29, 0.717) is 11.1 Å². The van der Waals surface area contributed by atoms with Gasteiger partial charge in [0.1, 0.15) is 61.0 Å². The number of ether oxygens (including phenoxy) is 6. The number of esters is 1. The second-order valence-electron chi connectivity index (χ2n) is 13.8. The number of phenolic OH excluding ortho intramolecular Hbond substituents is 4. The van der Waals surface area contributed by atoms with Gasteiger partial charge in [0.05, 0.1) is 32.0 Å². The van der Waals surface area contributed by atoms with Crippen molar-refractivity contribution < 1.29 is 94.5 Å². The van der Waals surface area contributed by atoms with Gasteiger partial charge in [0.15, 0.2) is 35.6 Å². The summed E-state index contributed by atoms with van der Waals surface area (Å²) in [6.45, 7) is 0.161. The van der Waals surface area contributed by atoms with E-state index < -0.39 is 122 Å². The van der Waals surface area contributed by atoms with Crippen molar-refractivity contribution in [1.82, 2.24) is 0 Å². The van der Waals surface area contributed by atoms with Crippen molar-refractivity contribution in [2.75, 3.05) is 19.8 Å². The van der Waals surface area contributed by atoms with Crippen molar-refractivity contribution >= 4 is 12.0 Å². The first-order chi connectivity index (χ1) is 26.1. The number of carbonyl (C=O) groups is 1. The molecule has 2 heterocycles. The normalized spacial score (nSPS) is 36.9. The summed E-state index contributed by atoms with van der Waals surface area (Å²) in [6, 6.07) is 7.92. The van der Waals surface area contributed by atoms with Gasteiger partial charge >= 0.3 is 5.97 Å². The molecule has 2 aromatic rings. The lowest BCUT2D eigenvalue weighted by atomic mass is 9.80. The summed E-state index contributed by atoms with van der Waals surface area (Å²) >= 11 is 0. The van der Waals surface area contributed by atoms with E-state index in [4.69, 9.17) is 28.4 Å². The fourth-order valence-corrected chi connectivity index (χ4v) is 6.64. The lowest BCUT2D eigenvalue weighted by Gasteiger charge is -2.47. The Morgan fingerprint density at radius 3 is 2.07 bits per heavy atom. The minimum absolute atomic E-state index is 0.0645. The molecule has 3 fully saturated rings. The van der Waals surface area contributed by atoms with Crippen LogP contribution >= 0.6 is 0 Å². The van der Waals surface area contributed by atoms with E-state index in [9.17, 15) is 66.1 Å². The average Bonchev–Trinajstić information content (AvgIpc) is 3.16. The Hall–Kier alpha value is -3.67. The number of aliphatic hydroxyl groups excluding tert-OH is 8. The Bertz CT molecular complexity index is 1600. The summed E-state index contributed by atoms with van der Waals surface area (Å²) in [5, 5.41) is 123. The number of benzene rings is 2. The smallest absolute Gasteiger partial charge is 0.331 e. The summed E-state index contributed by atoms with van der Waals surface area (Å²) in [7, 11) is 0. The van der Waals surface area contributed by atoms with Gasteiger partial charge in [-0.05, 0) is 61.2 Å². The number of aliphatic hydroxyl groups is 8. The monoisotopic (exact) mass is 784 g/mol. The van der Waals surface area contributed by atoms with Crippen LogP contribution in [0.2, 0.25) is 0 Å². The molecule has 19 nitrogen and oxygen atoms in total. The van der Waals surface area contributed by atoms with Crippen molar-refractivity contribution in [3.8, 4) is 23.0 Å². The highest BCUT2D eigenvalue weighted by Gasteiger charge is 2.53. The Kier molecular flexibility index (Phi) is 14.3. The van der Waals surface area contributed by atoms with Gasteiger partial charge < -0.3 is 89.7 Å². The van der Waals surface area contributed by atoms with Crippen LogP contribution in [0.5, 0.6) is 23.0 Å². The molecule has 12 N–H and O–H groups in total. The second-order valence-corrected chi connectivity index (χ2v) is 13.8. The highest BCUT2D eigenvalue weighted by atomic mass is 16.7. The van der Waals surface area contributed by atoms with E-state index >= 15 is 0 Å². The molecule has 2 saturated heterocycles. The quantitative estimate of drug-likeness (QED) is 0.0566. The minimum Gasteiger partial charge on any atom is -0.504 e. The van der Waals surface area contributed by atoms with Crippen LogP contribution < -0.4 is 0 Å². The molecule has 0 radical (unpaired) electrons. The van der Waals surface area contributed by atoms with Crippen LogP contribution in [0.3, 0.4) is 0 Å². The molecule has 0 aromatic heterocycles. The molecule has 5 rings (SSSR count). The van der Waals surface area contributed by atoms with Gasteiger partial charge in [0.2, 0.25) is 0 Å². The van der Waals surface area contributed by atoms with E-state index in [1.54, 1.807) is 6.07 Å². The molecule has 55 heavy (non-hydrogen) atoms. The van der Waals surface area contributed by atoms with Gasteiger partial charge in [-0.15, -0.1) is 0 Å². The highest BCUT2D eigenvalue weighted by molar-refractivity contribution is 5.87. The minimum atomic E-state index is -1.93. The number of hydrogen-bond acceptors (Lipinski definition) is 19. The predicted molar refractivity (Wildman–Crippen MR) is 183 cm³/mol. The van der Waals surface area contributed by atoms with Gasteiger partial charge in [0.25, 0.3) is 0 Å². The van der Waals surface area contributed by atoms with Crippen LogP contribution in [-0.4, -0.2) is 173 Å². The fraction of sp³-hybridized carbons (Fsp3) is 0.583. The highest BCUT2D eigenvalue weighted by Crippen LogP contribution is 2.36. The van der Waals surface area contributed by atoms with Crippen LogP contribution in [0.25, 0.3) is 6.08 Å². The Morgan fingerprint density at radius 2 is 1.40 bits per heavy atom. The Labute approximate surface area is 314 Å². The zero-order valence-electron chi connectivity index (χ0n) is 29.5. The summed E-state index contributed by atoms with van der Waals surface area (Å²) in [5.74, 6) is -3.54. The summed E-state index contributed by atoms with van der Waals surface area (Å²) in [4.78, 5) is 13.3. The van der Waals surface area contributed by atoms with Crippen LogP contribution in [0.4, 0.5) is 0 Å². The molecule has 15 atom stereocenters. The molecule has 0 amide bonds. The zero-order chi connectivity index (χ0) is 40.1. The molecule has 0 unspecified atom stereocenters. The lowest BCUT2D eigenvalue weighted by molar-refractivity contribution is -0.336. The fourth-order valence-electron chi connectivity index (χ4n) is 6.64. The van der Waals surface area contributed by atoms with Crippen molar-refractivity contribution in [3.63, 3.8) is 0 Å². The summed E-state index contributed by atoms with van der Waals surface area (Å²) < 4.78 is 34.8. The average molecular weight is 785 g/mol. The lowest BCUT2D eigenvalue weighted by Crippen LogP contribution is -2.64. The van der Waals surface area contributed by atoms with Crippen molar-refractivity contribution in [2.45, 2.75) is 106 Å². The Morgan fingerprint density at radius 1 is 0.745 bits per heavy atom. The third-order valence-electron chi connectivity index (χ3n) is 9.89. The number of aromatic hydroxyl groups is 4. The third-order valence-corrected chi connectivity index (χ3v) is 9.89. The first-order valence-corrected chi connectivity index (χ1v) is 17.6. The molecule has 0 bridgehead atoms. The number of phenols is 4. The topological polar surface area (TPSA) is 315 Å². The van der Waals surface area contributed by atoms with Crippen LogP contribution in [-0.2, 0) is 39.6 Å². The molecule has 2 aliphatic heterocycles. The van der Waals surface area contributed by atoms with E-state index in [-0.39, 0.29) is 30.9 Å². The Balaban J connectivity index is 1.44. The van der Waals surface area contributed by atoms with Gasteiger partial charge in [0, 0.05) is 12.0 Å². The van der Waals surface area contributed by atoms with E-state index in [0.717, 1.165) is 6.08 Å². The summed E-state index contributed by atoms with van der Waals surface area (Å²) in [5.41, 5.74) is 0.854. The van der Waals surface area contributed by atoms with Gasteiger partial charge in [-0.1, -0.05) is 12.1 Å². The maximum atomic E-state index is 13.3. The number of rotatable bonds is 13. The molecule has 0 spiro atoms. The van der Waals surface area contributed by atoms with Crippen LogP contribution in [0, 0.1) is 5.92 Å². The van der Waals surface area contributed by atoms with Gasteiger partial charge in [-0.25, -0.2) is 4.79 Å². The maximum Gasteiger partial charge on any atom is 0.331 e. The second kappa shape index (κ2) is 18.5. The largest absolute Gasteiger partial charge is 0.504 e. The van der Waals surface area contributed by atoms with Crippen LogP contribution in [0.1, 0.15) is 24.5 Å². The first kappa shape index (κ1) is 42.5. The predicted octanol–water partition coefficient (Wildman–Crippen LogP) is -2.53. The first-order valence-electron chi connectivity index (χ1n) is 17.6. The van der Waals surface area contributed by atoms with Crippen molar-refractivity contribution in [1.29, 1.82) is 0 Å². The van der Waals surface area contributed by atoms with E-state index in [2.05, 4.69) is 0 Å². The molecule has 1 aliphatic carbocycles. The molecule has 3 aliphatic rings. The molecule has 2 aromatic carbocycles. The van der Waals surface area contributed by atoms with Crippen LogP contribution in [0.15, 0.2) is 42.5 Å². The van der Waals surface area contributed by atoms with Gasteiger partial charge in [-0.3, -0.25) is 0 Å². The van der Waals surface area contributed by atoms with E-state index in [1.807, 2.05) is 0 Å². The molecule has 19 heteroatoms. The zero-order valence-corrected chi connectivity index (χ0v) is 29.5. The summed E-state index contributed by atoms with van der Waals surface area (Å²) in [6.07, 6.45) is -19.6. The standard InChI is InChI=1S/C36H48O19/c1-15-26(43)29(46)31(48)35(52-15)51-14-18-12-23(50-9-8-17-3-6-20(39)22(41)11-17)28(45)34(55-36-32(49)30(47)27(44)24(13-37)53-36)33(18)54-25(42)7-4-16-2-5-19(38)21(40)10-16/h2-7,10-11,15,18,23-24,26-41,43-49H,8-9,12-14H2,1H3/b7-4+/t15-,18+,23+,24+,26-,27+,28-,29+,30-,31+,32+,33+,34+,35+,36-/m0/s1. The number of hydrogen-bond donors (Lipinski definition) is 12. The maximum absolute atomic E-state index is 13.3.